The summed E-state index contributed by atoms with van der Waals surface area (Å²) in [6.45, 7) is 2.01. The van der Waals surface area contributed by atoms with Crippen LogP contribution in [-0.2, 0) is 0 Å². The summed E-state index contributed by atoms with van der Waals surface area (Å²) in [5, 5.41) is 17.4. The van der Waals surface area contributed by atoms with E-state index in [1.165, 1.54) is 0 Å². The molecule has 0 saturated heterocycles. The lowest BCUT2D eigenvalue weighted by atomic mass is 9.94. The van der Waals surface area contributed by atoms with Gasteiger partial charge in [-0.05, 0) is 37.3 Å². The molecule has 5 rings (SSSR count). The van der Waals surface area contributed by atoms with Crippen molar-refractivity contribution >= 4 is 5.71 Å². The largest absolute Gasteiger partial charge is 0.507 e. The molecule has 0 fully saturated rings. The van der Waals surface area contributed by atoms with Crippen molar-refractivity contribution in [3.8, 4) is 23.0 Å². The zero-order chi connectivity index (χ0) is 21.5. The van der Waals surface area contributed by atoms with Crippen LogP contribution in [0.3, 0.4) is 0 Å². The molecule has 0 saturated carbocycles. The highest BCUT2D eigenvalue weighted by molar-refractivity contribution is 6.04. The molecule has 2 heterocycles. The van der Waals surface area contributed by atoms with Gasteiger partial charge in [-0.15, -0.1) is 0 Å². The van der Waals surface area contributed by atoms with E-state index in [0.29, 0.717) is 12.2 Å². The van der Waals surface area contributed by atoms with Crippen LogP contribution in [0.1, 0.15) is 40.9 Å². The van der Waals surface area contributed by atoms with Crippen LogP contribution in [-0.4, -0.2) is 30.0 Å². The minimum Gasteiger partial charge on any atom is -0.507 e. The molecule has 3 aromatic carbocycles. The third-order valence-electron chi connectivity index (χ3n) is 5.84. The monoisotopic (exact) mass is 416 g/mol. The molecule has 3 aromatic rings. The SMILES string of the molecule is COc1cccc([C@H]2Oc3c(OC)cccc3[C@@H]3CC(c4cc(C)ccc4O)=NN23)c1. The van der Waals surface area contributed by atoms with Gasteiger partial charge in [0.1, 0.15) is 11.5 Å². The Hall–Kier alpha value is -3.67. The predicted octanol–water partition coefficient (Wildman–Crippen LogP) is 4.96. The first-order chi connectivity index (χ1) is 15.1. The molecular formula is C25H24N2O4. The number of aryl methyl sites for hydroxylation is 1. The van der Waals surface area contributed by atoms with E-state index >= 15 is 0 Å². The van der Waals surface area contributed by atoms with Crippen molar-refractivity contribution in [1.29, 1.82) is 0 Å². The molecule has 0 aromatic heterocycles. The molecule has 0 radical (unpaired) electrons. The van der Waals surface area contributed by atoms with Gasteiger partial charge >= 0.3 is 0 Å². The van der Waals surface area contributed by atoms with Crippen molar-refractivity contribution in [3.63, 3.8) is 0 Å². The van der Waals surface area contributed by atoms with Crippen molar-refractivity contribution in [2.45, 2.75) is 25.6 Å². The summed E-state index contributed by atoms with van der Waals surface area (Å²) in [5.41, 5.74) is 4.61. The topological polar surface area (TPSA) is 63.5 Å². The highest BCUT2D eigenvalue weighted by atomic mass is 16.5. The van der Waals surface area contributed by atoms with E-state index in [9.17, 15) is 5.11 Å². The summed E-state index contributed by atoms with van der Waals surface area (Å²) in [6.07, 6.45) is 0.203. The molecule has 0 bridgehead atoms. The van der Waals surface area contributed by atoms with E-state index < -0.39 is 6.23 Å². The Morgan fingerprint density at radius 3 is 2.68 bits per heavy atom. The van der Waals surface area contributed by atoms with Gasteiger partial charge in [-0.25, -0.2) is 5.01 Å². The average molecular weight is 416 g/mol. The molecule has 2 aliphatic rings. The van der Waals surface area contributed by atoms with E-state index in [1.807, 2.05) is 66.5 Å². The van der Waals surface area contributed by atoms with Crippen LogP contribution in [0.15, 0.2) is 65.8 Å². The molecule has 0 unspecified atom stereocenters. The average Bonchev–Trinajstić information content (AvgIpc) is 3.25. The fourth-order valence-corrected chi connectivity index (χ4v) is 4.30. The maximum atomic E-state index is 10.5. The van der Waals surface area contributed by atoms with Gasteiger partial charge in [0.05, 0.1) is 26.0 Å². The first-order valence-electron chi connectivity index (χ1n) is 10.2. The number of para-hydroxylation sites is 1. The summed E-state index contributed by atoms with van der Waals surface area (Å²) < 4.78 is 17.5. The predicted molar refractivity (Wildman–Crippen MR) is 118 cm³/mol. The van der Waals surface area contributed by atoms with Crippen molar-refractivity contribution in [2.24, 2.45) is 5.10 Å². The van der Waals surface area contributed by atoms with Crippen LogP contribution in [0.25, 0.3) is 0 Å². The van der Waals surface area contributed by atoms with Crippen molar-refractivity contribution in [1.82, 2.24) is 5.01 Å². The Balaban J connectivity index is 1.64. The number of ether oxygens (including phenoxy) is 3. The number of hydrogen-bond donors (Lipinski definition) is 1. The minimum absolute atomic E-state index is 0.0371. The van der Waals surface area contributed by atoms with Gasteiger partial charge < -0.3 is 19.3 Å². The highest BCUT2D eigenvalue weighted by Crippen LogP contribution is 2.51. The molecular weight excluding hydrogens is 392 g/mol. The van der Waals surface area contributed by atoms with E-state index in [2.05, 4.69) is 0 Å². The Morgan fingerprint density at radius 1 is 1.03 bits per heavy atom. The lowest BCUT2D eigenvalue weighted by Gasteiger charge is -2.38. The van der Waals surface area contributed by atoms with Crippen LogP contribution in [0.5, 0.6) is 23.0 Å². The van der Waals surface area contributed by atoms with Gasteiger partial charge in [-0.3, -0.25) is 0 Å². The number of aromatic hydroxyl groups is 1. The maximum Gasteiger partial charge on any atom is 0.214 e. The first-order valence-corrected chi connectivity index (χ1v) is 10.2. The minimum atomic E-state index is -0.451. The molecule has 0 aliphatic carbocycles. The van der Waals surface area contributed by atoms with Crippen LogP contribution < -0.4 is 14.2 Å². The summed E-state index contributed by atoms with van der Waals surface area (Å²) >= 11 is 0. The smallest absolute Gasteiger partial charge is 0.214 e. The Morgan fingerprint density at radius 2 is 1.87 bits per heavy atom. The molecule has 0 amide bonds. The molecule has 31 heavy (non-hydrogen) atoms. The number of phenols is 1. The number of fused-ring (bicyclic) bond motifs is 3. The summed E-state index contributed by atoms with van der Waals surface area (Å²) in [5.74, 6) is 2.40. The summed E-state index contributed by atoms with van der Waals surface area (Å²) in [7, 11) is 3.29. The normalized spacial score (nSPS) is 19.2. The van der Waals surface area contributed by atoms with Gasteiger partial charge in [0, 0.05) is 23.1 Å². The molecule has 6 nitrogen and oxygen atoms in total. The van der Waals surface area contributed by atoms with Gasteiger partial charge in [0.15, 0.2) is 11.5 Å². The van der Waals surface area contributed by atoms with Crippen molar-refractivity contribution in [2.75, 3.05) is 14.2 Å². The third kappa shape index (κ3) is 3.24. The zero-order valence-electron chi connectivity index (χ0n) is 17.7. The second-order valence-corrected chi connectivity index (χ2v) is 7.79. The molecule has 1 N–H and O–H groups in total. The van der Waals surface area contributed by atoms with Crippen LogP contribution in [0.2, 0.25) is 0 Å². The zero-order valence-corrected chi connectivity index (χ0v) is 17.7. The summed E-state index contributed by atoms with van der Waals surface area (Å²) in [6, 6.07) is 19.3. The van der Waals surface area contributed by atoms with Crippen LogP contribution in [0, 0.1) is 6.92 Å². The fraction of sp³-hybridized carbons (Fsp3) is 0.240. The number of nitrogens with zero attached hydrogens (tertiary/aromatic N) is 2. The Labute approximate surface area is 181 Å². The van der Waals surface area contributed by atoms with E-state index in [4.69, 9.17) is 19.3 Å². The molecule has 158 valence electrons. The second-order valence-electron chi connectivity index (χ2n) is 7.79. The standard InChI is InChI=1S/C25H24N2O4/c1-15-10-11-22(28)19(12-15)20-14-21-18-8-5-9-23(30-3)24(18)31-25(27(21)26-20)16-6-4-7-17(13-16)29-2/h4-13,21,25,28H,14H2,1-3H3/t21-,25+/m0/s1. The highest BCUT2D eigenvalue weighted by Gasteiger charge is 2.42. The van der Waals surface area contributed by atoms with Gasteiger partial charge in [-0.1, -0.05) is 35.9 Å². The Kier molecular flexibility index (Phi) is 4.70. The number of phenolic OH excluding ortho intramolecular Hbond substituents is 1. The lowest BCUT2D eigenvalue weighted by molar-refractivity contribution is -0.0210. The first kappa shape index (κ1) is 19.3. The van der Waals surface area contributed by atoms with Crippen molar-refractivity contribution in [3.05, 3.63) is 82.9 Å². The number of benzene rings is 3. The van der Waals surface area contributed by atoms with Crippen LogP contribution >= 0.6 is 0 Å². The van der Waals surface area contributed by atoms with Gasteiger partial charge in [0.25, 0.3) is 0 Å². The lowest BCUT2D eigenvalue weighted by Crippen LogP contribution is -2.33. The quantitative estimate of drug-likeness (QED) is 0.651. The molecule has 6 heteroatoms. The van der Waals surface area contributed by atoms with Crippen molar-refractivity contribution < 1.29 is 19.3 Å². The molecule has 0 spiro atoms. The second kappa shape index (κ2) is 7.54. The van der Waals surface area contributed by atoms with Gasteiger partial charge in [-0.2, -0.15) is 5.10 Å². The maximum absolute atomic E-state index is 10.5. The number of hydrogen-bond acceptors (Lipinski definition) is 6. The van der Waals surface area contributed by atoms with E-state index in [0.717, 1.165) is 39.5 Å². The van der Waals surface area contributed by atoms with E-state index in [-0.39, 0.29) is 11.8 Å². The summed E-state index contributed by atoms with van der Waals surface area (Å²) in [4.78, 5) is 0. The van der Waals surface area contributed by atoms with Gasteiger partial charge in [0.2, 0.25) is 6.23 Å². The fourth-order valence-electron chi connectivity index (χ4n) is 4.30. The van der Waals surface area contributed by atoms with E-state index in [1.54, 1.807) is 20.3 Å². The third-order valence-corrected chi connectivity index (χ3v) is 5.84. The van der Waals surface area contributed by atoms with Crippen LogP contribution in [0.4, 0.5) is 0 Å². The molecule has 2 aliphatic heterocycles. The number of rotatable bonds is 4. The molecule has 2 atom stereocenters. The number of hydrazone groups is 1. The number of methoxy groups -OCH3 is 2. The Bertz CT molecular complexity index is 1170.